The summed E-state index contributed by atoms with van der Waals surface area (Å²) in [5, 5.41) is 0. The summed E-state index contributed by atoms with van der Waals surface area (Å²) in [5.74, 6) is 3.19. The average Bonchev–Trinajstić information content (AvgIpc) is 3.61. The van der Waals surface area contributed by atoms with E-state index in [9.17, 15) is 0 Å². The lowest BCUT2D eigenvalue weighted by molar-refractivity contribution is 0.222. The first-order valence-electron chi connectivity index (χ1n) is 12.1. The van der Waals surface area contributed by atoms with Crippen molar-refractivity contribution >= 4 is 24.8 Å². The second-order valence-corrected chi connectivity index (χ2v) is 8.34. The molecule has 1 saturated carbocycles. The molecule has 1 fully saturated rings. The van der Waals surface area contributed by atoms with Crippen molar-refractivity contribution in [1.82, 2.24) is 9.80 Å². The summed E-state index contributed by atoms with van der Waals surface area (Å²) in [6.45, 7) is 16.5. The van der Waals surface area contributed by atoms with Crippen molar-refractivity contribution in [3.8, 4) is 11.5 Å². The van der Waals surface area contributed by atoms with Crippen LogP contribution in [0.25, 0.3) is 0 Å². The first kappa shape index (κ1) is 29.6. The molecular weight excluding hydrogens is 455 g/mol. The molecule has 0 aliphatic heterocycles. The number of halogens is 2. The Kier molecular flexibility index (Phi) is 13.8. The minimum Gasteiger partial charge on any atom is -0.492 e. The zero-order valence-corrected chi connectivity index (χ0v) is 22.3. The number of rotatable bonds is 14. The lowest BCUT2D eigenvalue weighted by Crippen LogP contribution is -2.27. The number of likely N-dealkylation sites (N-methyl/N-ethyl adjacent to an activating group) is 2. The van der Waals surface area contributed by atoms with Crippen molar-refractivity contribution in [3.63, 3.8) is 0 Å². The van der Waals surface area contributed by atoms with E-state index in [0.29, 0.717) is 11.8 Å². The molecule has 2 aromatic rings. The fraction of sp³-hybridized carbons (Fsp3) is 0.556. The van der Waals surface area contributed by atoms with Crippen molar-refractivity contribution in [1.29, 1.82) is 0 Å². The van der Waals surface area contributed by atoms with Crippen molar-refractivity contribution in [2.75, 3.05) is 52.5 Å². The SMILES string of the molecule is CCN(CC)CCOc1ccc(C2CC2c2ccc(OCCN(CC)CC)cc2)cc1.Cl.Cl. The molecule has 2 unspecified atom stereocenters. The third-order valence-electron chi connectivity index (χ3n) is 6.55. The molecule has 4 nitrogen and oxygen atoms in total. The van der Waals surface area contributed by atoms with Crippen LogP contribution in [0.1, 0.15) is 57.1 Å². The van der Waals surface area contributed by atoms with E-state index in [1.54, 1.807) is 0 Å². The zero-order chi connectivity index (χ0) is 22.1. The summed E-state index contributed by atoms with van der Waals surface area (Å²) < 4.78 is 11.8. The minimum absolute atomic E-state index is 0. The fourth-order valence-electron chi connectivity index (χ4n) is 4.22. The molecule has 0 bridgehead atoms. The second-order valence-electron chi connectivity index (χ2n) is 8.34. The van der Waals surface area contributed by atoms with Gasteiger partial charge in [0.2, 0.25) is 0 Å². The molecule has 0 radical (unpaired) electrons. The highest BCUT2D eigenvalue weighted by molar-refractivity contribution is 5.85. The standard InChI is InChI=1S/C27H40N2O2.2ClH/c1-5-28(6-2)17-19-30-24-13-9-22(10-14-24)26-21-27(26)23-11-15-25(16-12-23)31-20-18-29(7-3)8-4;;/h9-16,26-27H,5-8,17-21H2,1-4H3;2*1H. The summed E-state index contributed by atoms with van der Waals surface area (Å²) in [7, 11) is 0. The predicted molar refractivity (Wildman–Crippen MR) is 144 cm³/mol. The van der Waals surface area contributed by atoms with Gasteiger partial charge in [-0.2, -0.15) is 0 Å². The number of benzene rings is 2. The highest BCUT2D eigenvalue weighted by atomic mass is 35.5. The molecular formula is C27H42Cl2N2O2. The van der Waals surface area contributed by atoms with Crippen molar-refractivity contribution in [3.05, 3.63) is 59.7 Å². The topological polar surface area (TPSA) is 24.9 Å². The van der Waals surface area contributed by atoms with E-state index >= 15 is 0 Å². The Hall–Kier alpha value is -1.46. The van der Waals surface area contributed by atoms with Gasteiger partial charge in [0.15, 0.2) is 0 Å². The van der Waals surface area contributed by atoms with Gasteiger partial charge in [-0.25, -0.2) is 0 Å². The van der Waals surface area contributed by atoms with Gasteiger partial charge in [0, 0.05) is 13.1 Å². The van der Waals surface area contributed by atoms with Crippen LogP contribution in [0.5, 0.6) is 11.5 Å². The third kappa shape index (κ3) is 9.01. The quantitative estimate of drug-likeness (QED) is 0.308. The Morgan fingerprint density at radius 2 is 0.939 bits per heavy atom. The normalized spacial score (nSPS) is 16.8. The molecule has 0 heterocycles. The summed E-state index contributed by atoms with van der Waals surface area (Å²) in [4.78, 5) is 4.76. The van der Waals surface area contributed by atoms with Crippen LogP contribution in [-0.4, -0.2) is 62.3 Å². The summed E-state index contributed by atoms with van der Waals surface area (Å²) in [6.07, 6.45) is 1.23. The van der Waals surface area contributed by atoms with Gasteiger partial charge in [-0.15, -0.1) is 24.8 Å². The highest BCUT2D eigenvalue weighted by Crippen LogP contribution is 2.54. The van der Waals surface area contributed by atoms with E-state index in [4.69, 9.17) is 9.47 Å². The predicted octanol–water partition coefficient (Wildman–Crippen LogP) is 6.24. The van der Waals surface area contributed by atoms with E-state index in [1.165, 1.54) is 17.5 Å². The lowest BCUT2D eigenvalue weighted by atomic mass is 10.0. The highest BCUT2D eigenvalue weighted by Gasteiger charge is 2.39. The van der Waals surface area contributed by atoms with Crippen LogP contribution >= 0.6 is 24.8 Å². The Bertz CT molecular complexity index is 697. The van der Waals surface area contributed by atoms with Gasteiger partial charge in [-0.1, -0.05) is 52.0 Å². The third-order valence-corrected chi connectivity index (χ3v) is 6.55. The Labute approximate surface area is 213 Å². The molecule has 2 aromatic carbocycles. The van der Waals surface area contributed by atoms with E-state index in [2.05, 4.69) is 86.0 Å². The van der Waals surface area contributed by atoms with Crippen LogP contribution in [0.15, 0.2) is 48.5 Å². The van der Waals surface area contributed by atoms with Gasteiger partial charge in [-0.3, -0.25) is 0 Å². The van der Waals surface area contributed by atoms with E-state index < -0.39 is 0 Å². The monoisotopic (exact) mass is 496 g/mol. The van der Waals surface area contributed by atoms with Gasteiger partial charge in [0.05, 0.1) is 0 Å². The van der Waals surface area contributed by atoms with Gasteiger partial charge in [0.25, 0.3) is 0 Å². The maximum atomic E-state index is 5.92. The van der Waals surface area contributed by atoms with E-state index in [1.807, 2.05) is 0 Å². The molecule has 3 rings (SSSR count). The van der Waals surface area contributed by atoms with Crippen LogP contribution in [0.3, 0.4) is 0 Å². The first-order valence-corrected chi connectivity index (χ1v) is 12.1. The number of hydrogen-bond donors (Lipinski definition) is 0. The molecule has 33 heavy (non-hydrogen) atoms. The van der Waals surface area contributed by atoms with Crippen molar-refractivity contribution < 1.29 is 9.47 Å². The number of nitrogens with zero attached hydrogens (tertiary/aromatic N) is 2. The molecule has 1 aliphatic carbocycles. The molecule has 0 N–H and O–H groups in total. The molecule has 0 saturated heterocycles. The zero-order valence-electron chi connectivity index (χ0n) is 20.7. The van der Waals surface area contributed by atoms with Crippen molar-refractivity contribution in [2.24, 2.45) is 0 Å². The molecule has 0 aromatic heterocycles. The largest absolute Gasteiger partial charge is 0.492 e. The van der Waals surface area contributed by atoms with E-state index in [0.717, 1.165) is 64.0 Å². The van der Waals surface area contributed by atoms with E-state index in [-0.39, 0.29) is 24.8 Å². The lowest BCUT2D eigenvalue weighted by Gasteiger charge is -2.18. The summed E-state index contributed by atoms with van der Waals surface area (Å²) >= 11 is 0. The van der Waals surface area contributed by atoms with Gasteiger partial charge >= 0.3 is 0 Å². The fourth-order valence-corrected chi connectivity index (χ4v) is 4.22. The smallest absolute Gasteiger partial charge is 0.119 e. The number of hydrogen-bond acceptors (Lipinski definition) is 4. The molecule has 2 atom stereocenters. The second kappa shape index (κ2) is 15.4. The Balaban J connectivity index is 0.00000272. The van der Waals surface area contributed by atoms with Crippen molar-refractivity contribution in [2.45, 2.75) is 46.0 Å². The van der Waals surface area contributed by atoms with Crippen LogP contribution in [0.4, 0.5) is 0 Å². The van der Waals surface area contributed by atoms with Gasteiger partial charge in [0.1, 0.15) is 24.7 Å². The first-order chi connectivity index (χ1) is 15.2. The van der Waals surface area contributed by atoms with Crippen LogP contribution in [0, 0.1) is 0 Å². The maximum Gasteiger partial charge on any atom is 0.119 e. The average molecular weight is 498 g/mol. The molecule has 6 heteroatoms. The molecule has 0 spiro atoms. The molecule has 1 aliphatic rings. The summed E-state index contributed by atoms with van der Waals surface area (Å²) in [6, 6.07) is 17.5. The summed E-state index contributed by atoms with van der Waals surface area (Å²) in [5.41, 5.74) is 2.83. The Morgan fingerprint density at radius 3 is 1.24 bits per heavy atom. The number of ether oxygens (including phenoxy) is 2. The van der Waals surface area contributed by atoms with Gasteiger partial charge < -0.3 is 19.3 Å². The van der Waals surface area contributed by atoms with Crippen LogP contribution < -0.4 is 9.47 Å². The van der Waals surface area contributed by atoms with Crippen LogP contribution in [-0.2, 0) is 0 Å². The van der Waals surface area contributed by atoms with Gasteiger partial charge in [-0.05, 0) is 79.8 Å². The minimum atomic E-state index is 0. The molecule has 0 amide bonds. The molecule has 186 valence electrons. The maximum absolute atomic E-state index is 5.92. The Morgan fingerprint density at radius 1 is 0.606 bits per heavy atom. The van der Waals surface area contributed by atoms with Crippen LogP contribution in [0.2, 0.25) is 0 Å².